The summed E-state index contributed by atoms with van der Waals surface area (Å²) in [7, 11) is 0. The van der Waals surface area contributed by atoms with Gasteiger partial charge in [0.15, 0.2) is 0 Å². The van der Waals surface area contributed by atoms with Crippen LogP contribution in [-0.4, -0.2) is 32.6 Å². The Morgan fingerprint density at radius 3 is 2.53 bits per heavy atom. The Hall–Kier alpha value is -0.550. The van der Waals surface area contributed by atoms with Crippen molar-refractivity contribution < 1.29 is 4.74 Å². The normalized spacial score (nSPS) is 17.8. The highest BCUT2D eigenvalue weighted by molar-refractivity contribution is 7.98. The van der Waals surface area contributed by atoms with Crippen molar-refractivity contribution in [3.63, 3.8) is 0 Å². The first-order valence-corrected chi connectivity index (χ1v) is 7.12. The Labute approximate surface area is 107 Å². The van der Waals surface area contributed by atoms with Crippen LogP contribution in [0.3, 0.4) is 0 Å². The van der Waals surface area contributed by atoms with Crippen molar-refractivity contribution in [2.24, 2.45) is 11.1 Å². The van der Waals surface area contributed by atoms with E-state index in [4.69, 9.17) is 10.5 Å². The number of benzene rings is 1. The molecule has 1 fully saturated rings. The second-order valence-electron chi connectivity index (χ2n) is 4.65. The quantitative estimate of drug-likeness (QED) is 0.753. The van der Waals surface area contributed by atoms with E-state index in [1.54, 1.807) is 11.8 Å². The van der Waals surface area contributed by atoms with Gasteiger partial charge < -0.3 is 15.8 Å². The molecule has 2 rings (SSSR count). The summed E-state index contributed by atoms with van der Waals surface area (Å²) >= 11 is 1.77. The van der Waals surface area contributed by atoms with E-state index in [9.17, 15) is 0 Å². The fraction of sp³-hybridized carbons (Fsp3) is 0.538. The molecular formula is C13H20N2OS. The van der Waals surface area contributed by atoms with Crippen molar-refractivity contribution in [2.75, 3.05) is 32.6 Å². The first kappa shape index (κ1) is 12.9. The van der Waals surface area contributed by atoms with Crippen molar-refractivity contribution in [1.29, 1.82) is 0 Å². The molecule has 1 aliphatic heterocycles. The molecule has 0 atom stereocenters. The third-order valence-corrected chi connectivity index (χ3v) is 3.98. The molecule has 1 aromatic carbocycles. The molecule has 0 aliphatic carbocycles. The standard InChI is InChI=1S/C13H20N2OS/c1-17-12-4-2-11(3-5-12)6-15-8-13(7-14)9-16-10-13/h2-5,15H,6-10,14H2,1H3. The zero-order chi connectivity index (χ0) is 12.1. The monoisotopic (exact) mass is 252 g/mol. The minimum Gasteiger partial charge on any atom is -0.380 e. The summed E-state index contributed by atoms with van der Waals surface area (Å²) < 4.78 is 5.24. The summed E-state index contributed by atoms with van der Waals surface area (Å²) in [5.41, 5.74) is 7.26. The minimum atomic E-state index is 0.180. The molecule has 0 amide bonds. The van der Waals surface area contributed by atoms with Crippen LogP contribution in [0.5, 0.6) is 0 Å². The van der Waals surface area contributed by atoms with Gasteiger partial charge in [-0.1, -0.05) is 12.1 Å². The molecule has 0 unspecified atom stereocenters. The van der Waals surface area contributed by atoms with E-state index >= 15 is 0 Å². The van der Waals surface area contributed by atoms with Gasteiger partial charge >= 0.3 is 0 Å². The largest absolute Gasteiger partial charge is 0.380 e. The SMILES string of the molecule is CSc1ccc(CNCC2(CN)COC2)cc1. The smallest absolute Gasteiger partial charge is 0.0569 e. The summed E-state index contributed by atoms with van der Waals surface area (Å²) in [5.74, 6) is 0. The average molecular weight is 252 g/mol. The van der Waals surface area contributed by atoms with Gasteiger partial charge in [-0.15, -0.1) is 11.8 Å². The Kier molecular flexibility index (Phi) is 4.45. The zero-order valence-corrected chi connectivity index (χ0v) is 11.1. The highest BCUT2D eigenvalue weighted by atomic mass is 32.2. The highest BCUT2D eigenvalue weighted by Crippen LogP contribution is 2.24. The molecular weight excluding hydrogens is 232 g/mol. The van der Waals surface area contributed by atoms with E-state index in [2.05, 4.69) is 35.8 Å². The van der Waals surface area contributed by atoms with Gasteiger partial charge in [0, 0.05) is 29.9 Å². The first-order chi connectivity index (χ1) is 8.28. The average Bonchev–Trinajstić information content (AvgIpc) is 2.33. The summed E-state index contributed by atoms with van der Waals surface area (Å²) in [6, 6.07) is 8.66. The second-order valence-corrected chi connectivity index (χ2v) is 5.53. The van der Waals surface area contributed by atoms with Crippen LogP contribution in [0, 0.1) is 5.41 Å². The van der Waals surface area contributed by atoms with Gasteiger partial charge in [-0.25, -0.2) is 0 Å². The van der Waals surface area contributed by atoms with Crippen LogP contribution in [0.25, 0.3) is 0 Å². The van der Waals surface area contributed by atoms with E-state index in [1.165, 1.54) is 10.5 Å². The molecule has 1 saturated heterocycles. The van der Waals surface area contributed by atoms with Crippen LogP contribution < -0.4 is 11.1 Å². The number of nitrogens with one attached hydrogen (secondary N) is 1. The number of hydrogen-bond donors (Lipinski definition) is 2. The van der Waals surface area contributed by atoms with E-state index < -0.39 is 0 Å². The van der Waals surface area contributed by atoms with Crippen molar-refractivity contribution in [3.05, 3.63) is 29.8 Å². The molecule has 0 aromatic heterocycles. The first-order valence-electron chi connectivity index (χ1n) is 5.89. The summed E-state index contributed by atoms with van der Waals surface area (Å²) in [5, 5.41) is 3.47. The molecule has 1 heterocycles. The topological polar surface area (TPSA) is 47.3 Å². The van der Waals surface area contributed by atoms with Gasteiger partial charge in [0.1, 0.15) is 0 Å². The molecule has 3 N–H and O–H groups in total. The Morgan fingerprint density at radius 2 is 2.06 bits per heavy atom. The van der Waals surface area contributed by atoms with Crippen LogP contribution in [0.15, 0.2) is 29.2 Å². The maximum atomic E-state index is 5.76. The molecule has 1 aromatic rings. The zero-order valence-electron chi connectivity index (χ0n) is 10.2. The lowest BCUT2D eigenvalue weighted by Crippen LogP contribution is -2.54. The maximum absolute atomic E-state index is 5.76. The molecule has 3 nitrogen and oxygen atoms in total. The van der Waals surface area contributed by atoms with Crippen molar-refractivity contribution in [2.45, 2.75) is 11.4 Å². The van der Waals surface area contributed by atoms with Gasteiger partial charge in [-0.3, -0.25) is 0 Å². The maximum Gasteiger partial charge on any atom is 0.0569 e. The van der Waals surface area contributed by atoms with E-state index in [0.29, 0.717) is 6.54 Å². The van der Waals surface area contributed by atoms with Crippen LogP contribution in [-0.2, 0) is 11.3 Å². The van der Waals surface area contributed by atoms with Crippen molar-refractivity contribution >= 4 is 11.8 Å². The van der Waals surface area contributed by atoms with Crippen molar-refractivity contribution in [1.82, 2.24) is 5.32 Å². The predicted molar refractivity (Wildman–Crippen MR) is 72.2 cm³/mol. The second kappa shape index (κ2) is 5.87. The van der Waals surface area contributed by atoms with Gasteiger partial charge in [-0.2, -0.15) is 0 Å². The Morgan fingerprint density at radius 1 is 1.35 bits per heavy atom. The molecule has 17 heavy (non-hydrogen) atoms. The molecule has 0 radical (unpaired) electrons. The summed E-state index contributed by atoms with van der Waals surface area (Å²) in [6.07, 6.45) is 2.09. The van der Waals surface area contributed by atoms with Crippen LogP contribution in [0.2, 0.25) is 0 Å². The van der Waals surface area contributed by atoms with Crippen molar-refractivity contribution in [3.8, 4) is 0 Å². The van der Waals surface area contributed by atoms with E-state index in [1.807, 2.05) is 0 Å². The molecule has 0 spiro atoms. The third kappa shape index (κ3) is 3.22. The Bertz CT molecular complexity index is 343. The predicted octanol–water partition coefficient (Wildman–Crippen LogP) is 1.47. The van der Waals surface area contributed by atoms with Crippen LogP contribution in [0.4, 0.5) is 0 Å². The number of nitrogens with two attached hydrogens (primary N) is 1. The number of ether oxygens (including phenoxy) is 1. The fourth-order valence-corrected chi connectivity index (χ4v) is 2.31. The lowest BCUT2D eigenvalue weighted by Gasteiger charge is -2.40. The molecule has 4 heteroatoms. The summed E-state index contributed by atoms with van der Waals surface area (Å²) in [4.78, 5) is 1.31. The van der Waals surface area contributed by atoms with Crippen LogP contribution >= 0.6 is 11.8 Å². The lowest BCUT2D eigenvalue weighted by molar-refractivity contribution is -0.105. The molecule has 0 bridgehead atoms. The number of hydrogen-bond acceptors (Lipinski definition) is 4. The highest BCUT2D eigenvalue weighted by Gasteiger charge is 2.36. The van der Waals surface area contributed by atoms with Gasteiger partial charge in [-0.05, 0) is 24.0 Å². The minimum absolute atomic E-state index is 0.180. The third-order valence-electron chi connectivity index (χ3n) is 3.24. The molecule has 1 aliphatic rings. The van der Waals surface area contributed by atoms with Gasteiger partial charge in [0.05, 0.1) is 13.2 Å². The van der Waals surface area contributed by atoms with Gasteiger partial charge in [0.25, 0.3) is 0 Å². The van der Waals surface area contributed by atoms with Gasteiger partial charge in [0.2, 0.25) is 0 Å². The van der Waals surface area contributed by atoms with Crippen LogP contribution in [0.1, 0.15) is 5.56 Å². The fourth-order valence-electron chi connectivity index (χ4n) is 1.90. The molecule has 94 valence electrons. The van der Waals surface area contributed by atoms with E-state index in [-0.39, 0.29) is 5.41 Å². The Balaban J connectivity index is 1.77. The number of thioether (sulfide) groups is 1. The van der Waals surface area contributed by atoms with E-state index in [0.717, 1.165) is 26.3 Å². The molecule has 0 saturated carbocycles. The summed E-state index contributed by atoms with van der Waals surface area (Å²) in [6.45, 7) is 4.12. The lowest BCUT2D eigenvalue weighted by atomic mass is 9.86. The number of rotatable bonds is 6.